The Morgan fingerprint density at radius 3 is 2.21 bits per heavy atom. The molecule has 0 fully saturated rings. The first-order valence-electron chi connectivity index (χ1n) is 4.78. The number of nitrogens with two attached hydrogens (primary N) is 3. The largest absolute Gasteiger partial charge is 1.00 e. The fourth-order valence-corrected chi connectivity index (χ4v) is 2.37. The molecule has 0 aliphatic heterocycles. The Labute approximate surface area is 131 Å². The molecule has 0 saturated heterocycles. The average Bonchev–Trinajstić information content (AvgIpc) is 2.26. The summed E-state index contributed by atoms with van der Waals surface area (Å²) in [5.41, 5.74) is 16.1. The number of benzene rings is 2. The van der Waals surface area contributed by atoms with Gasteiger partial charge in [-0.05, 0) is 17.5 Å². The SMILES string of the molecule is Nc1ccc2cc(S(=O)(=O)[O-])c(N)c(N)c2c1O.[Na+]. The second kappa shape index (κ2) is 5.06. The third kappa shape index (κ3) is 2.58. The van der Waals surface area contributed by atoms with Gasteiger partial charge in [-0.2, -0.15) is 0 Å². The van der Waals surface area contributed by atoms with Gasteiger partial charge in [0.15, 0.2) is 0 Å². The number of hydrogen-bond donors (Lipinski definition) is 4. The summed E-state index contributed by atoms with van der Waals surface area (Å²) in [6, 6.07) is 3.87. The maximum atomic E-state index is 11.0. The van der Waals surface area contributed by atoms with Gasteiger partial charge in [-0.3, -0.25) is 0 Å². The van der Waals surface area contributed by atoms with Gasteiger partial charge < -0.3 is 26.9 Å². The van der Waals surface area contributed by atoms with E-state index in [1.54, 1.807) is 0 Å². The maximum absolute atomic E-state index is 11.0. The standard InChI is InChI=1S/C10H11N3O4S.Na/c11-5-2-1-4-3-6(18(15,16)17)8(12)9(13)7(4)10(5)14;/h1-3,14H,11-13H2,(H,15,16,17);/q;+1/p-1. The van der Waals surface area contributed by atoms with Gasteiger partial charge >= 0.3 is 29.6 Å². The zero-order valence-corrected chi connectivity index (χ0v) is 12.9. The van der Waals surface area contributed by atoms with E-state index >= 15 is 0 Å². The number of anilines is 3. The number of aromatic hydroxyl groups is 1. The summed E-state index contributed by atoms with van der Waals surface area (Å²) in [5, 5.41) is 10.2. The summed E-state index contributed by atoms with van der Waals surface area (Å²) in [6.07, 6.45) is 0. The molecular weight excluding hydrogens is 281 g/mol. The molecule has 0 unspecified atom stereocenters. The van der Waals surface area contributed by atoms with E-state index in [9.17, 15) is 18.1 Å². The second-order valence-corrected chi connectivity index (χ2v) is 5.11. The van der Waals surface area contributed by atoms with Crippen LogP contribution in [0.5, 0.6) is 5.75 Å². The molecule has 96 valence electrons. The number of fused-ring (bicyclic) bond motifs is 1. The molecule has 0 heterocycles. The van der Waals surface area contributed by atoms with Gasteiger partial charge in [0.2, 0.25) is 0 Å². The Hall–Kier alpha value is -1.19. The molecule has 0 aliphatic carbocycles. The quantitative estimate of drug-likeness (QED) is 0.191. The van der Waals surface area contributed by atoms with Crippen molar-refractivity contribution in [3.8, 4) is 5.75 Å². The van der Waals surface area contributed by atoms with Crippen LogP contribution >= 0.6 is 0 Å². The van der Waals surface area contributed by atoms with Crippen LogP contribution in [-0.2, 0) is 10.1 Å². The molecule has 0 bridgehead atoms. The normalized spacial score (nSPS) is 11.2. The molecule has 0 spiro atoms. The van der Waals surface area contributed by atoms with Crippen molar-refractivity contribution in [2.75, 3.05) is 17.2 Å². The third-order valence-corrected chi connectivity index (χ3v) is 3.50. The average molecular weight is 291 g/mol. The molecule has 7 nitrogen and oxygen atoms in total. The smallest absolute Gasteiger partial charge is 0.744 e. The molecule has 19 heavy (non-hydrogen) atoms. The summed E-state index contributed by atoms with van der Waals surface area (Å²) in [6.45, 7) is 0. The Bertz CT molecular complexity index is 761. The summed E-state index contributed by atoms with van der Waals surface area (Å²) in [7, 11) is -4.74. The van der Waals surface area contributed by atoms with Gasteiger partial charge in [-0.1, -0.05) is 6.07 Å². The second-order valence-electron chi connectivity index (χ2n) is 3.76. The Morgan fingerprint density at radius 2 is 1.68 bits per heavy atom. The van der Waals surface area contributed by atoms with E-state index in [4.69, 9.17) is 17.2 Å². The molecule has 2 rings (SSSR count). The summed E-state index contributed by atoms with van der Waals surface area (Å²) < 4.78 is 33.1. The van der Waals surface area contributed by atoms with Crippen molar-refractivity contribution in [2.45, 2.75) is 4.90 Å². The number of phenolic OH excluding ortho intramolecular Hbond substituents is 1. The van der Waals surface area contributed by atoms with Crippen LogP contribution in [-0.4, -0.2) is 18.1 Å². The van der Waals surface area contributed by atoms with E-state index in [1.165, 1.54) is 12.1 Å². The van der Waals surface area contributed by atoms with Crippen LogP contribution in [0.15, 0.2) is 23.1 Å². The van der Waals surface area contributed by atoms with Crippen LogP contribution in [0.25, 0.3) is 10.8 Å². The van der Waals surface area contributed by atoms with Crippen LogP contribution in [0.1, 0.15) is 0 Å². The van der Waals surface area contributed by atoms with Crippen molar-refractivity contribution in [2.24, 2.45) is 0 Å². The first kappa shape index (κ1) is 15.9. The fourth-order valence-electron chi connectivity index (χ4n) is 1.72. The molecule has 2 aromatic rings. The van der Waals surface area contributed by atoms with Crippen molar-refractivity contribution < 1.29 is 47.6 Å². The first-order valence-corrected chi connectivity index (χ1v) is 6.19. The third-order valence-electron chi connectivity index (χ3n) is 2.62. The Kier molecular flexibility index (Phi) is 4.23. The maximum Gasteiger partial charge on any atom is 1.00 e. The number of rotatable bonds is 1. The van der Waals surface area contributed by atoms with E-state index in [1.807, 2.05) is 0 Å². The molecule has 2 aromatic carbocycles. The van der Waals surface area contributed by atoms with Crippen molar-refractivity contribution in [1.29, 1.82) is 0 Å². The molecule has 9 heteroatoms. The predicted molar refractivity (Wildman–Crippen MR) is 66.8 cm³/mol. The van der Waals surface area contributed by atoms with Crippen LogP contribution in [0.4, 0.5) is 17.1 Å². The molecule has 0 radical (unpaired) electrons. The van der Waals surface area contributed by atoms with E-state index < -0.39 is 20.7 Å². The van der Waals surface area contributed by atoms with Crippen molar-refractivity contribution in [3.05, 3.63) is 18.2 Å². The van der Waals surface area contributed by atoms with Gasteiger partial charge in [0.1, 0.15) is 15.9 Å². The minimum absolute atomic E-state index is 0. The molecule has 0 saturated carbocycles. The molecule has 0 aliphatic rings. The van der Waals surface area contributed by atoms with Crippen molar-refractivity contribution in [3.63, 3.8) is 0 Å². The van der Waals surface area contributed by atoms with Crippen LogP contribution < -0.4 is 46.8 Å². The predicted octanol–water partition coefficient (Wildman–Crippen LogP) is -2.80. The van der Waals surface area contributed by atoms with Gasteiger partial charge in [0.25, 0.3) is 0 Å². The monoisotopic (exact) mass is 291 g/mol. The fraction of sp³-hybridized carbons (Fsp3) is 0. The molecule has 0 atom stereocenters. The summed E-state index contributed by atoms with van der Waals surface area (Å²) >= 11 is 0. The minimum atomic E-state index is -4.74. The Balaban J connectivity index is 0.00000180. The van der Waals surface area contributed by atoms with Gasteiger partial charge in [-0.25, -0.2) is 8.42 Å². The van der Waals surface area contributed by atoms with Crippen molar-refractivity contribution in [1.82, 2.24) is 0 Å². The van der Waals surface area contributed by atoms with Crippen LogP contribution in [0.2, 0.25) is 0 Å². The molecule has 7 N–H and O–H groups in total. The van der Waals surface area contributed by atoms with Crippen molar-refractivity contribution >= 4 is 38.0 Å². The van der Waals surface area contributed by atoms with Gasteiger partial charge in [-0.15, -0.1) is 0 Å². The Morgan fingerprint density at radius 1 is 1.11 bits per heavy atom. The van der Waals surface area contributed by atoms with E-state index in [2.05, 4.69) is 0 Å². The van der Waals surface area contributed by atoms with E-state index in [-0.39, 0.29) is 57.5 Å². The zero-order chi connectivity index (χ0) is 13.7. The van der Waals surface area contributed by atoms with Gasteiger partial charge in [0, 0.05) is 0 Å². The van der Waals surface area contributed by atoms with Gasteiger partial charge in [0.05, 0.1) is 27.3 Å². The van der Waals surface area contributed by atoms with E-state index in [0.29, 0.717) is 0 Å². The zero-order valence-electron chi connectivity index (χ0n) is 10.0. The molecule has 0 amide bonds. The minimum Gasteiger partial charge on any atom is -0.744 e. The number of nitrogen functional groups attached to an aromatic ring is 3. The molecule has 0 aromatic heterocycles. The number of phenols is 1. The first-order chi connectivity index (χ1) is 8.23. The summed E-state index contributed by atoms with van der Waals surface area (Å²) in [4.78, 5) is -0.614. The molecular formula is C10H10N3NaO4S. The number of hydrogen-bond acceptors (Lipinski definition) is 7. The summed E-state index contributed by atoms with van der Waals surface area (Å²) in [5.74, 6) is -0.299. The van der Waals surface area contributed by atoms with E-state index in [0.717, 1.165) is 6.07 Å². The van der Waals surface area contributed by atoms with Crippen LogP contribution in [0.3, 0.4) is 0 Å². The van der Waals surface area contributed by atoms with Crippen LogP contribution in [0, 0.1) is 0 Å². The topological polar surface area (TPSA) is 155 Å².